The zero-order valence-electron chi connectivity index (χ0n) is 37.2. The number of nitrogens with one attached hydrogen (secondary N) is 2. The SMILES string of the molecule is C=Cc1c(C)c2cc3nc(c(CC(=O)O)c4nc(cc5[nH]c(cc1[nH]2)c(C)c5CC)C(C)=C4C(=O)OC(COC(=O)CCCCCCC)COP(O)OCC)C(CCC(=O)O)=C3C. The summed E-state index contributed by atoms with van der Waals surface area (Å²) in [5.41, 5.74) is 9.35. The van der Waals surface area contributed by atoms with E-state index in [1.165, 1.54) is 0 Å². The summed E-state index contributed by atoms with van der Waals surface area (Å²) < 4.78 is 22.2. The standard InChI is InChI=1S/C47H59N4O11P/c1-9-13-14-15-16-17-43(56)59-24-30(25-61-63(58)60-12-4)62-47(57)44-29(8)38-23-40-32(11-3)27(6)36(49-40)22-39-31(10-2)26(5)35(48-39)21-37-28(7)33(18-19-41(52)53)45(50-37)34(20-42(54)55)46(44)51-38/h10,21-23,30,48-49,58H,2,9,11-20,24-25H2,1,3-8H3,(H,52,53)(H,54,55). The number of hydrogen-bond acceptors (Lipinski definition) is 11. The van der Waals surface area contributed by atoms with Crippen molar-refractivity contribution in [3.05, 3.63) is 75.4 Å². The Labute approximate surface area is 368 Å². The lowest BCUT2D eigenvalue weighted by molar-refractivity contribution is -0.156. The van der Waals surface area contributed by atoms with Crippen molar-refractivity contribution >= 4 is 82.9 Å². The Morgan fingerprint density at radius 1 is 0.778 bits per heavy atom. The number of carbonyl (C=O) groups is 4. The van der Waals surface area contributed by atoms with E-state index in [0.29, 0.717) is 40.9 Å². The molecule has 2 aliphatic heterocycles. The number of allylic oxidation sites excluding steroid dienone is 3. The zero-order chi connectivity index (χ0) is 46.0. The van der Waals surface area contributed by atoms with Gasteiger partial charge in [0.05, 0.1) is 48.0 Å². The van der Waals surface area contributed by atoms with Gasteiger partial charge in [0.1, 0.15) is 6.61 Å². The van der Waals surface area contributed by atoms with E-state index < -0.39 is 51.6 Å². The molecule has 0 amide bonds. The number of aromatic nitrogens is 4. The number of hydrogen-bond donors (Lipinski definition) is 5. The van der Waals surface area contributed by atoms with Crippen molar-refractivity contribution in [3.63, 3.8) is 0 Å². The van der Waals surface area contributed by atoms with Crippen LogP contribution in [0.4, 0.5) is 0 Å². The molecule has 5 N–H and O–H groups in total. The second kappa shape index (κ2) is 22.2. The fourth-order valence-electron chi connectivity index (χ4n) is 7.88. The molecule has 8 bridgehead atoms. The highest BCUT2D eigenvalue weighted by molar-refractivity contribution is 7.40. The number of H-pyrrole nitrogens is 2. The lowest BCUT2D eigenvalue weighted by Gasteiger charge is -2.20. The Bertz CT molecular complexity index is 2480. The minimum Gasteiger partial charge on any atom is -0.481 e. The molecule has 2 aliphatic rings. The minimum atomic E-state index is -2.34. The number of ether oxygens (including phenoxy) is 2. The molecule has 0 fully saturated rings. The van der Waals surface area contributed by atoms with Gasteiger partial charge in [0.15, 0.2) is 6.10 Å². The molecule has 0 radical (unpaired) electrons. The van der Waals surface area contributed by atoms with E-state index in [2.05, 4.69) is 23.5 Å². The molecule has 0 saturated heterocycles. The minimum absolute atomic E-state index is 0.0109. The van der Waals surface area contributed by atoms with Crippen molar-refractivity contribution in [1.82, 2.24) is 19.9 Å². The Kier molecular flexibility index (Phi) is 17.1. The Hall–Kier alpha value is -5.47. The highest BCUT2D eigenvalue weighted by atomic mass is 31.2. The van der Waals surface area contributed by atoms with E-state index in [1.807, 2.05) is 32.9 Å². The van der Waals surface area contributed by atoms with E-state index in [-0.39, 0.29) is 55.0 Å². The summed E-state index contributed by atoms with van der Waals surface area (Å²) in [7, 11) is -2.34. The van der Waals surface area contributed by atoms with Gasteiger partial charge in [0.2, 0.25) is 0 Å². The molecule has 5 rings (SSSR count). The second-order valence-corrected chi connectivity index (χ2v) is 16.6. The van der Waals surface area contributed by atoms with Crippen LogP contribution in [0.1, 0.15) is 137 Å². The number of fused-ring (bicyclic) bond motifs is 8. The normalized spacial score (nSPS) is 13.6. The Morgan fingerprint density at radius 3 is 2.11 bits per heavy atom. The second-order valence-electron chi connectivity index (χ2n) is 15.6. The summed E-state index contributed by atoms with van der Waals surface area (Å²) in [4.78, 5) is 79.6. The largest absolute Gasteiger partial charge is 0.481 e. The van der Waals surface area contributed by atoms with Crippen LogP contribution in [0.5, 0.6) is 0 Å². The molecule has 2 atom stereocenters. The van der Waals surface area contributed by atoms with Crippen LogP contribution in [0, 0.1) is 13.8 Å². The van der Waals surface area contributed by atoms with E-state index >= 15 is 0 Å². The Balaban J connectivity index is 1.77. The monoisotopic (exact) mass is 886 g/mol. The fourth-order valence-corrected chi connectivity index (χ4v) is 8.47. The first-order chi connectivity index (χ1) is 30.1. The smallest absolute Gasteiger partial charge is 0.341 e. The number of rotatable bonds is 22. The van der Waals surface area contributed by atoms with Crippen LogP contribution in [0.2, 0.25) is 0 Å². The van der Waals surface area contributed by atoms with Crippen molar-refractivity contribution in [2.24, 2.45) is 0 Å². The predicted octanol–water partition coefficient (Wildman–Crippen LogP) is 9.58. The van der Waals surface area contributed by atoms with E-state index in [1.54, 1.807) is 32.9 Å². The molecule has 5 heterocycles. The number of carboxylic acids is 2. The molecule has 16 heteroatoms. The number of aryl methyl sites for hydroxylation is 3. The van der Waals surface area contributed by atoms with Crippen molar-refractivity contribution in [3.8, 4) is 0 Å². The van der Waals surface area contributed by atoms with Crippen molar-refractivity contribution in [1.29, 1.82) is 0 Å². The molecule has 0 aromatic carbocycles. The van der Waals surface area contributed by atoms with Gasteiger partial charge in [-0.25, -0.2) is 14.8 Å². The van der Waals surface area contributed by atoms with Crippen LogP contribution in [0.15, 0.2) is 24.8 Å². The van der Waals surface area contributed by atoms with Gasteiger partial charge in [-0.2, -0.15) is 0 Å². The molecule has 3 aromatic heterocycles. The van der Waals surface area contributed by atoms with Crippen LogP contribution in [0.25, 0.3) is 50.4 Å². The lowest BCUT2D eigenvalue weighted by Crippen LogP contribution is -2.30. The number of carbonyl (C=O) groups excluding carboxylic acids is 2. The average molecular weight is 887 g/mol. The summed E-state index contributed by atoms with van der Waals surface area (Å²) in [6, 6.07) is 5.66. The summed E-state index contributed by atoms with van der Waals surface area (Å²) in [6.07, 6.45) is 5.13. The zero-order valence-corrected chi connectivity index (χ0v) is 38.1. The van der Waals surface area contributed by atoms with E-state index in [9.17, 15) is 34.3 Å². The number of unbranched alkanes of at least 4 members (excludes halogenated alkanes) is 4. The number of carboxylic acid groups (broad SMARTS) is 2. The van der Waals surface area contributed by atoms with Crippen LogP contribution < -0.4 is 0 Å². The molecule has 0 saturated carbocycles. The Morgan fingerprint density at radius 2 is 1.44 bits per heavy atom. The fraction of sp³-hybridized carbons (Fsp3) is 0.447. The van der Waals surface area contributed by atoms with Gasteiger partial charge in [0.25, 0.3) is 0 Å². The molecule has 3 aromatic rings. The van der Waals surface area contributed by atoms with Gasteiger partial charge in [-0.3, -0.25) is 14.4 Å². The number of nitrogens with zero attached hydrogens (tertiary/aromatic N) is 2. The molecule has 0 aliphatic carbocycles. The first-order valence-electron chi connectivity index (χ1n) is 21.5. The molecule has 63 heavy (non-hydrogen) atoms. The first-order valence-corrected chi connectivity index (χ1v) is 22.6. The van der Waals surface area contributed by atoms with Crippen LogP contribution in [-0.4, -0.2) is 84.8 Å². The van der Waals surface area contributed by atoms with Gasteiger partial charge in [-0.15, -0.1) is 0 Å². The highest BCUT2D eigenvalue weighted by Gasteiger charge is 2.33. The quantitative estimate of drug-likeness (QED) is 0.0361. The van der Waals surface area contributed by atoms with Crippen molar-refractivity contribution < 1.29 is 52.8 Å². The van der Waals surface area contributed by atoms with Gasteiger partial charge < -0.3 is 43.6 Å². The number of aromatic amines is 2. The third-order valence-corrected chi connectivity index (χ3v) is 12.2. The molecule has 15 nitrogen and oxygen atoms in total. The maximum Gasteiger partial charge on any atom is 0.341 e. The van der Waals surface area contributed by atoms with Gasteiger partial charge in [-0.05, 0) is 105 Å². The van der Waals surface area contributed by atoms with Gasteiger partial charge in [0, 0.05) is 46.0 Å². The summed E-state index contributed by atoms with van der Waals surface area (Å²) in [6.45, 7) is 16.7. The van der Waals surface area contributed by atoms with E-state index in [0.717, 1.165) is 70.0 Å². The highest BCUT2D eigenvalue weighted by Crippen LogP contribution is 2.41. The third-order valence-electron chi connectivity index (χ3n) is 11.3. The third kappa shape index (κ3) is 11.8. The molecular weight excluding hydrogens is 828 g/mol. The summed E-state index contributed by atoms with van der Waals surface area (Å²) >= 11 is 0. The van der Waals surface area contributed by atoms with Gasteiger partial charge >= 0.3 is 32.5 Å². The summed E-state index contributed by atoms with van der Waals surface area (Å²) in [5.74, 6) is -3.70. The number of aliphatic carboxylic acids is 2. The van der Waals surface area contributed by atoms with Crippen molar-refractivity contribution in [2.75, 3.05) is 19.8 Å². The maximum atomic E-state index is 14.7. The molecule has 338 valence electrons. The number of esters is 2. The van der Waals surface area contributed by atoms with Crippen LogP contribution in [0.3, 0.4) is 0 Å². The topological polar surface area (TPSA) is 223 Å². The molecule has 2 unspecified atom stereocenters. The predicted molar refractivity (Wildman–Crippen MR) is 244 cm³/mol. The van der Waals surface area contributed by atoms with Crippen LogP contribution in [-0.2, 0) is 50.5 Å². The van der Waals surface area contributed by atoms with Gasteiger partial charge in [-0.1, -0.05) is 52.2 Å². The summed E-state index contributed by atoms with van der Waals surface area (Å²) in [5, 5.41) is 20.3. The van der Waals surface area contributed by atoms with Crippen molar-refractivity contribution in [2.45, 2.75) is 119 Å². The molecular formula is C47H59N4O11P. The lowest BCUT2D eigenvalue weighted by atomic mass is 9.94. The van der Waals surface area contributed by atoms with E-state index in [4.69, 9.17) is 28.5 Å². The first kappa shape index (κ1) is 48.6. The maximum absolute atomic E-state index is 14.7. The average Bonchev–Trinajstić information content (AvgIpc) is 3.92. The van der Waals surface area contributed by atoms with Crippen LogP contribution >= 0.6 is 8.60 Å². The molecule has 0 spiro atoms.